The number of nitrogens with zero attached hydrogens (tertiary/aromatic N) is 2. The highest BCUT2D eigenvalue weighted by molar-refractivity contribution is 6.31. The summed E-state index contributed by atoms with van der Waals surface area (Å²) < 4.78 is 12.9. The highest BCUT2D eigenvalue weighted by Crippen LogP contribution is 2.23. The number of halogens is 2. The summed E-state index contributed by atoms with van der Waals surface area (Å²) in [5.74, 6) is 1.12. The van der Waals surface area contributed by atoms with Crippen LogP contribution >= 0.6 is 23.2 Å². The molecule has 0 saturated heterocycles. The molecule has 1 amide bonds. The summed E-state index contributed by atoms with van der Waals surface area (Å²) in [6.45, 7) is 2.37. The standard InChI is InChI=1S/C18H17Cl2N3O3/c1-11-7-12(19)3-5-16(11)25-10-13-4-6-17(26-13)18(24)21-9-15-14(20)8-22-23(15)2/h3-8H,9-10H2,1-2H3,(H,21,24). The van der Waals surface area contributed by atoms with E-state index >= 15 is 0 Å². The molecule has 1 N–H and O–H groups in total. The Morgan fingerprint density at radius 2 is 2.12 bits per heavy atom. The average molecular weight is 394 g/mol. The first kappa shape index (κ1) is 18.4. The Morgan fingerprint density at radius 3 is 2.81 bits per heavy atom. The van der Waals surface area contributed by atoms with E-state index in [4.69, 9.17) is 32.4 Å². The normalized spacial score (nSPS) is 10.8. The van der Waals surface area contributed by atoms with E-state index in [9.17, 15) is 4.79 Å². The second kappa shape index (κ2) is 7.85. The van der Waals surface area contributed by atoms with Gasteiger partial charge in [-0.2, -0.15) is 5.10 Å². The SMILES string of the molecule is Cc1cc(Cl)ccc1OCc1ccc(C(=O)NCc2c(Cl)cnn2C)o1. The quantitative estimate of drug-likeness (QED) is 0.683. The van der Waals surface area contributed by atoms with Crippen molar-refractivity contribution in [2.45, 2.75) is 20.1 Å². The second-order valence-electron chi connectivity index (χ2n) is 5.71. The van der Waals surface area contributed by atoms with Gasteiger partial charge in [0.05, 0.1) is 23.5 Å². The predicted octanol–water partition coefficient (Wildman–Crippen LogP) is 4.14. The van der Waals surface area contributed by atoms with E-state index in [1.54, 1.807) is 36.0 Å². The number of nitrogens with one attached hydrogen (secondary N) is 1. The summed E-state index contributed by atoms with van der Waals surface area (Å²) in [5.41, 5.74) is 1.64. The van der Waals surface area contributed by atoms with Gasteiger partial charge in [-0.25, -0.2) is 0 Å². The Kier molecular flexibility index (Phi) is 5.54. The van der Waals surface area contributed by atoms with E-state index in [0.717, 1.165) is 5.56 Å². The summed E-state index contributed by atoms with van der Waals surface area (Å²) in [5, 5.41) is 7.93. The number of carbonyl (C=O) groups is 1. The van der Waals surface area contributed by atoms with Gasteiger partial charge in [-0.05, 0) is 42.8 Å². The highest BCUT2D eigenvalue weighted by atomic mass is 35.5. The number of benzene rings is 1. The predicted molar refractivity (Wildman–Crippen MR) is 98.6 cm³/mol. The van der Waals surface area contributed by atoms with Gasteiger partial charge in [0.1, 0.15) is 18.1 Å². The zero-order chi connectivity index (χ0) is 18.7. The van der Waals surface area contributed by atoms with Gasteiger partial charge >= 0.3 is 0 Å². The molecule has 0 saturated carbocycles. The molecule has 8 heteroatoms. The molecular formula is C18H17Cl2N3O3. The lowest BCUT2D eigenvalue weighted by atomic mass is 10.2. The van der Waals surface area contributed by atoms with Gasteiger partial charge in [0.15, 0.2) is 5.76 Å². The van der Waals surface area contributed by atoms with Crippen molar-refractivity contribution < 1.29 is 13.9 Å². The van der Waals surface area contributed by atoms with Crippen molar-refractivity contribution in [2.75, 3.05) is 0 Å². The first-order valence-electron chi connectivity index (χ1n) is 7.86. The van der Waals surface area contributed by atoms with Crippen molar-refractivity contribution in [3.05, 3.63) is 69.4 Å². The molecule has 0 aliphatic heterocycles. The lowest BCUT2D eigenvalue weighted by Gasteiger charge is -2.08. The van der Waals surface area contributed by atoms with Gasteiger partial charge in [0.25, 0.3) is 5.91 Å². The summed E-state index contributed by atoms with van der Waals surface area (Å²) in [7, 11) is 1.76. The minimum atomic E-state index is -0.337. The first-order chi connectivity index (χ1) is 12.4. The van der Waals surface area contributed by atoms with E-state index in [1.807, 2.05) is 13.0 Å². The van der Waals surface area contributed by atoms with Gasteiger partial charge in [-0.1, -0.05) is 23.2 Å². The summed E-state index contributed by atoms with van der Waals surface area (Å²) in [4.78, 5) is 12.2. The van der Waals surface area contributed by atoms with Crippen molar-refractivity contribution >= 4 is 29.1 Å². The lowest BCUT2D eigenvalue weighted by molar-refractivity contribution is 0.0918. The molecule has 2 aromatic heterocycles. The summed E-state index contributed by atoms with van der Waals surface area (Å²) >= 11 is 11.9. The van der Waals surface area contributed by atoms with Gasteiger partial charge in [-0.15, -0.1) is 0 Å². The van der Waals surface area contributed by atoms with Crippen molar-refractivity contribution in [1.29, 1.82) is 0 Å². The fourth-order valence-corrected chi connectivity index (χ4v) is 2.85. The van der Waals surface area contributed by atoms with Crippen molar-refractivity contribution in [2.24, 2.45) is 7.05 Å². The fraction of sp³-hybridized carbons (Fsp3) is 0.222. The van der Waals surface area contributed by atoms with E-state index in [2.05, 4.69) is 10.4 Å². The van der Waals surface area contributed by atoms with Crippen LogP contribution in [-0.2, 0) is 20.2 Å². The molecule has 3 rings (SSSR count). The van der Waals surface area contributed by atoms with Crippen molar-refractivity contribution in [3.8, 4) is 5.75 Å². The Balaban J connectivity index is 1.57. The van der Waals surface area contributed by atoms with E-state index in [-0.39, 0.29) is 24.8 Å². The van der Waals surface area contributed by atoms with Gasteiger partial charge in [0.2, 0.25) is 0 Å². The zero-order valence-corrected chi connectivity index (χ0v) is 15.8. The first-order valence-corrected chi connectivity index (χ1v) is 8.62. The molecule has 2 heterocycles. The molecule has 0 unspecified atom stereocenters. The van der Waals surface area contributed by atoms with Crippen molar-refractivity contribution in [1.82, 2.24) is 15.1 Å². The number of aryl methyl sites for hydroxylation is 2. The van der Waals surface area contributed by atoms with Crippen LogP contribution < -0.4 is 10.1 Å². The zero-order valence-electron chi connectivity index (χ0n) is 14.3. The molecule has 0 aliphatic carbocycles. The molecule has 6 nitrogen and oxygen atoms in total. The van der Waals surface area contributed by atoms with Crippen LogP contribution in [0, 0.1) is 6.92 Å². The third-order valence-electron chi connectivity index (χ3n) is 3.82. The van der Waals surface area contributed by atoms with Crippen LogP contribution in [0.3, 0.4) is 0 Å². The Bertz CT molecular complexity index is 914. The number of amides is 1. The van der Waals surface area contributed by atoms with Crippen LogP contribution in [0.5, 0.6) is 5.75 Å². The largest absolute Gasteiger partial charge is 0.485 e. The number of hydrogen-bond donors (Lipinski definition) is 1. The van der Waals surface area contributed by atoms with Gasteiger partial charge in [0, 0.05) is 12.1 Å². The van der Waals surface area contributed by atoms with Crippen LogP contribution in [0.25, 0.3) is 0 Å². The number of ether oxygens (including phenoxy) is 1. The second-order valence-corrected chi connectivity index (χ2v) is 6.55. The molecule has 0 fully saturated rings. The Hall–Kier alpha value is -2.44. The smallest absolute Gasteiger partial charge is 0.287 e. The molecular weight excluding hydrogens is 377 g/mol. The fourth-order valence-electron chi connectivity index (χ4n) is 2.39. The average Bonchev–Trinajstić information content (AvgIpc) is 3.19. The molecule has 0 spiro atoms. The maximum Gasteiger partial charge on any atom is 0.287 e. The van der Waals surface area contributed by atoms with Crippen LogP contribution in [0.1, 0.15) is 27.6 Å². The summed E-state index contributed by atoms with van der Waals surface area (Å²) in [6, 6.07) is 8.69. The van der Waals surface area contributed by atoms with E-state index < -0.39 is 0 Å². The third kappa shape index (κ3) is 4.20. The van der Waals surface area contributed by atoms with Gasteiger partial charge < -0.3 is 14.5 Å². The number of furan rings is 1. The molecule has 0 aliphatic rings. The maximum absolute atomic E-state index is 12.2. The van der Waals surface area contributed by atoms with E-state index in [1.165, 1.54) is 6.20 Å². The number of rotatable bonds is 6. The summed E-state index contributed by atoms with van der Waals surface area (Å²) in [6.07, 6.45) is 1.53. The van der Waals surface area contributed by atoms with Crippen LogP contribution in [-0.4, -0.2) is 15.7 Å². The Labute approximate surface area is 160 Å². The minimum absolute atomic E-state index is 0.203. The maximum atomic E-state index is 12.2. The minimum Gasteiger partial charge on any atom is -0.485 e. The molecule has 136 valence electrons. The molecule has 0 radical (unpaired) electrons. The van der Waals surface area contributed by atoms with Crippen molar-refractivity contribution in [3.63, 3.8) is 0 Å². The van der Waals surface area contributed by atoms with Crippen LogP contribution in [0.4, 0.5) is 0 Å². The number of carbonyl (C=O) groups excluding carboxylic acids is 1. The highest BCUT2D eigenvalue weighted by Gasteiger charge is 2.14. The number of aromatic nitrogens is 2. The van der Waals surface area contributed by atoms with Gasteiger partial charge in [-0.3, -0.25) is 9.48 Å². The molecule has 1 aromatic carbocycles. The van der Waals surface area contributed by atoms with Crippen LogP contribution in [0.2, 0.25) is 10.0 Å². The molecule has 0 atom stereocenters. The van der Waals surface area contributed by atoms with Crippen LogP contribution in [0.15, 0.2) is 40.9 Å². The molecule has 26 heavy (non-hydrogen) atoms. The molecule has 0 bridgehead atoms. The third-order valence-corrected chi connectivity index (χ3v) is 4.37. The molecule has 3 aromatic rings. The van der Waals surface area contributed by atoms with E-state index in [0.29, 0.717) is 27.2 Å². The number of hydrogen-bond acceptors (Lipinski definition) is 4. The Morgan fingerprint density at radius 1 is 1.31 bits per heavy atom. The topological polar surface area (TPSA) is 69.3 Å². The lowest BCUT2D eigenvalue weighted by Crippen LogP contribution is -2.23. The monoisotopic (exact) mass is 393 g/mol.